The van der Waals surface area contributed by atoms with Crippen molar-refractivity contribution >= 4 is 11.6 Å². The van der Waals surface area contributed by atoms with Crippen LogP contribution in [0.2, 0.25) is 5.02 Å². The first-order valence-electron chi connectivity index (χ1n) is 3.49. The Hall–Kier alpha value is -1.11. The van der Waals surface area contributed by atoms with E-state index in [1.165, 1.54) is 0 Å². The van der Waals surface area contributed by atoms with Crippen LogP contribution in [0.3, 0.4) is 0 Å². The Morgan fingerprint density at radius 2 is 1.87 bits per heavy atom. The Morgan fingerprint density at radius 1 is 1.27 bits per heavy atom. The summed E-state index contributed by atoms with van der Waals surface area (Å²) in [5, 5.41) is -0.306. The van der Waals surface area contributed by atoms with E-state index in [1.807, 2.05) is 0 Å². The molecule has 1 aromatic rings. The lowest BCUT2D eigenvalue weighted by atomic mass is 10.3. The molecule has 0 aliphatic rings. The number of ether oxygens (including phenoxy) is 1. The van der Waals surface area contributed by atoms with Crippen molar-refractivity contribution in [2.24, 2.45) is 0 Å². The molecule has 0 saturated carbocycles. The van der Waals surface area contributed by atoms with E-state index >= 15 is 0 Å². The number of halogens is 6. The largest absolute Gasteiger partial charge is 0.574 e. The first-order chi connectivity index (χ1) is 6.78. The van der Waals surface area contributed by atoms with Crippen LogP contribution in [0.1, 0.15) is 12.1 Å². The van der Waals surface area contributed by atoms with E-state index < -0.39 is 24.4 Å². The predicted octanol–water partition coefficient (Wildman–Crippen LogP) is 3.57. The van der Waals surface area contributed by atoms with Crippen LogP contribution in [0.4, 0.5) is 22.0 Å². The van der Waals surface area contributed by atoms with Crippen molar-refractivity contribution in [3.63, 3.8) is 0 Å². The van der Waals surface area contributed by atoms with E-state index in [9.17, 15) is 22.0 Å². The summed E-state index contributed by atoms with van der Waals surface area (Å²) in [7, 11) is 0. The summed E-state index contributed by atoms with van der Waals surface area (Å²) in [6.45, 7) is 0. The highest BCUT2D eigenvalue weighted by molar-refractivity contribution is 6.30. The molecule has 0 amide bonds. The Labute approximate surface area is 85.6 Å². The molecule has 15 heavy (non-hydrogen) atoms. The van der Waals surface area contributed by atoms with Crippen LogP contribution < -0.4 is 4.74 Å². The van der Waals surface area contributed by atoms with Crippen LogP contribution in [0.5, 0.6) is 5.88 Å². The SMILES string of the molecule is FC(F)c1cc(Cl)cc(OC(F)(F)F)n1. The number of hydrogen-bond acceptors (Lipinski definition) is 2. The molecule has 84 valence electrons. The van der Waals surface area contributed by atoms with Crippen LogP contribution in [0, 0.1) is 0 Å². The number of pyridine rings is 1. The van der Waals surface area contributed by atoms with Crippen molar-refractivity contribution in [1.29, 1.82) is 0 Å². The van der Waals surface area contributed by atoms with Crippen molar-refractivity contribution in [1.82, 2.24) is 4.98 Å². The molecular weight excluding hydrogens is 245 g/mol. The average molecular weight is 248 g/mol. The maximum Gasteiger partial charge on any atom is 0.574 e. The van der Waals surface area contributed by atoms with E-state index in [-0.39, 0.29) is 5.02 Å². The second-order valence-corrected chi connectivity index (χ2v) is 2.83. The molecule has 0 N–H and O–H groups in total. The average Bonchev–Trinajstić information content (AvgIpc) is 1.99. The summed E-state index contributed by atoms with van der Waals surface area (Å²) in [5.41, 5.74) is -0.873. The van der Waals surface area contributed by atoms with Crippen molar-refractivity contribution in [2.75, 3.05) is 0 Å². The summed E-state index contributed by atoms with van der Waals surface area (Å²) in [6.07, 6.45) is -8.00. The fourth-order valence-electron chi connectivity index (χ4n) is 0.775. The van der Waals surface area contributed by atoms with Gasteiger partial charge in [-0.05, 0) is 6.07 Å². The maximum atomic E-state index is 12.1. The lowest BCUT2D eigenvalue weighted by Gasteiger charge is -2.09. The number of nitrogens with zero attached hydrogens (tertiary/aromatic N) is 1. The molecule has 0 bridgehead atoms. The quantitative estimate of drug-likeness (QED) is 0.746. The molecule has 0 aliphatic carbocycles. The minimum atomic E-state index is -4.99. The molecule has 0 radical (unpaired) electrons. The Balaban J connectivity index is 2.99. The zero-order chi connectivity index (χ0) is 11.6. The summed E-state index contributed by atoms with van der Waals surface area (Å²) in [4.78, 5) is 2.94. The number of alkyl halides is 5. The van der Waals surface area contributed by atoms with Gasteiger partial charge in [0.1, 0.15) is 5.69 Å². The molecule has 0 fully saturated rings. The number of hydrogen-bond donors (Lipinski definition) is 0. The lowest BCUT2D eigenvalue weighted by molar-refractivity contribution is -0.276. The molecule has 0 atom stereocenters. The Bertz CT molecular complexity index is 354. The second-order valence-electron chi connectivity index (χ2n) is 2.40. The number of rotatable bonds is 2. The van der Waals surface area contributed by atoms with Crippen LogP contribution in [0.25, 0.3) is 0 Å². The van der Waals surface area contributed by atoms with Gasteiger partial charge in [0.2, 0.25) is 5.88 Å². The molecule has 1 aromatic heterocycles. The molecule has 8 heteroatoms. The minimum absolute atomic E-state index is 0.306. The molecule has 0 saturated heterocycles. The van der Waals surface area contributed by atoms with Crippen LogP contribution >= 0.6 is 11.6 Å². The molecule has 0 aromatic carbocycles. The zero-order valence-corrected chi connectivity index (χ0v) is 7.61. The minimum Gasteiger partial charge on any atom is -0.388 e. The topological polar surface area (TPSA) is 22.1 Å². The predicted molar refractivity (Wildman–Crippen MR) is 40.9 cm³/mol. The molecule has 1 heterocycles. The smallest absolute Gasteiger partial charge is 0.388 e. The van der Waals surface area contributed by atoms with Gasteiger partial charge in [-0.25, -0.2) is 13.8 Å². The normalized spacial score (nSPS) is 11.9. The summed E-state index contributed by atoms with van der Waals surface area (Å²) < 4.78 is 62.7. The maximum absolute atomic E-state index is 12.1. The third kappa shape index (κ3) is 3.86. The molecule has 0 unspecified atom stereocenters. The second kappa shape index (κ2) is 4.18. The monoisotopic (exact) mass is 247 g/mol. The standard InChI is InChI=1S/C7H3ClF5NO/c8-3-1-4(6(9)10)14-5(2-3)15-7(11,12)13/h1-2,6H. The van der Waals surface area contributed by atoms with Crippen LogP contribution in [-0.4, -0.2) is 11.3 Å². The van der Waals surface area contributed by atoms with Gasteiger partial charge in [0, 0.05) is 11.1 Å². The van der Waals surface area contributed by atoms with Gasteiger partial charge in [-0.15, -0.1) is 13.2 Å². The van der Waals surface area contributed by atoms with Gasteiger partial charge in [0.25, 0.3) is 6.43 Å². The molecular formula is C7H3ClF5NO. The molecule has 0 aliphatic heterocycles. The van der Waals surface area contributed by atoms with E-state index in [1.54, 1.807) is 0 Å². The summed E-state index contributed by atoms with van der Waals surface area (Å²) in [5.74, 6) is -1.01. The third-order valence-electron chi connectivity index (χ3n) is 1.23. The Morgan fingerprint density at radius 3 is 2.33 bits per heavy atom. The fraction of sp³-hybridized carbons (Fsp3) is 0.286. The zero-order valence-electron chi connectivity index (χ0n) is 6.86. The Kier molecular flexibility index (Phi) is 3.33. The van der Waals surface area contributed by atoms with Crippen LogP contribution in [-0.2, 0) is 0 Å². The first-order valence-corrected chi connectivity index (χ1v) is 3.87. The first kappa shape index (κ1) is 12.0. The van der Waals surface area contributed by atoms with Gasteiger partial charge >= 0.3 is 6.36 Å². The summed E-state index contributed by atoms with van der Waals surface area (Å²) >= 11 is 5.30. The molecule has 1 rings (SSSR count). The van der Waals surface area contributed by atoms with Gasteiger partial charge in [-0.3, -0.25) is 0 Å². The van der Waals surface area contributed by atoms with Gasteiger partial charge < -0.3 is 4.74 Å². The highest BCUT2D eigenvalue weighted by Crippen LogP contribution is 2.27. The van der Waals surface area contributed by atoms with Gasteiger partial charge in [-0.2, -0.15) is 0 Å². The molecule has 0 spiro atoms. The van der Waals surface area contributed by atoms with Crippen molar-refractivity contribution in [3.05, 3.63) is 22.8 Å². The number of aromatic nitrogens is 1. The highest BCUT2D eigenvalue weighted by atomic mass is 35.5. The fourth-order valence-corrected chi connectivity index (χ4v) is 0.980. The van der Waals surface area contributed by atoms with E-state index in [2.05, 4.69) is 9.72 Å². The highest BCUT2D eigenvalue weighted by Gasteiger charge is 2.32. The van der Waals surface area contributed by atoms with Crippen LogP contribution in [0.15, 0.2) is 12.1 Å². The van der Waals surface area contributed by atoms with Gasteiger partial charge in [-0.1, -0.05) is 11.6 Å². The van der Waals surface area contributed by atoms with E-state index in [0.29, 0.717) is 6.07 Å². The van der Waals surface area contributed by atoms with Crippen molar-refractivity contribution < 1.29 is 26.7 Å². The van der Waals surface area contributed by atoms with Gasteiger partial charge in [0.15, 0.2) is 0 Å². The van der Waals surface area contributed by atoms with Gasteiger partial charge in [0.05, 0.1) is 0 Å². The van der Waals surface area contributed by atoms with E-state index in [4.69, 9.17) is 11.6 Å². The summed E-state index contributed by atoms with van der Waals surface area (Å²) in [6, 6.07) is 1.45. The van der Waals surface area contributed by atoms with E-state index in [0.717, 1.165) is 6.07 Å². The van der Waals surface area contributed by atoms with Crippen molar-refractivity contribution in [3.8, 4) is 5.88 Å². The van der Waals surface area contributed by atoms with Crippen molar-refractivity contribution in [2.45, 2.75) is 12.8 Å². The third-order valence-corrected chi connectivity index (χ3v) is 1.45. The molecule has 2 nitrogen and oxygen atoms in total. The lowest BCUT2D eigenvalue weighted by Crippen LogP contribution is -2.18.